The third-order valence-corrected chi connectivity index (χ3v) is 2.99. The van der Waals surface area contributed by atoms with Crippen molar-refractivity contribution in [2.24, 2.45) is 11.7 Å². The number of benzene rings is 1. The van der Waals surface area contributed by atoms with Gasteiger partial charge in [0, 0.05) is 13.1 Å². The van der Waals surface area contributed by atoms with Gasteiger partial charge >= 0.3 is 6.18 Å². The molecule has 0 saturated heterocycles. The van der Waals surface area contributed by atoms with E-state index in [0.29, 0.717) is 5.56 Å². The molecule has 0 aliphatic carbocycles. The van der Waals surface area contributed by atoms with E-state index >= 15 is 0 Å². The fourth-order valence-corrected chi connectivity index (χ4v) is 2.12. The van der Waals surface area contributed by atoms with Gasteiger partial charge in [-0.3, -0.25) is 4.79 Å². The second kappa shape index (κ2) is 7.45. The molecular weight excluding hydrogens is 281 g/mol. The lowest BCUT2D eigenvalue weighted by Gasteiger charge is -2.26. The van der Waals surface area contributed by atoms with Crippen LogP contribution in [0.25, 0.3) is 0 Å². The number of hydrogen-bond donors (Lipinski definition) is 1. The molecule has 0 radical (unpaired) electrons. The lowest BCUT2D eigenvalue weighted by Crippen LogP contribution is -2.42. The van der Waals surface area contributed by atoms with Gasteiger partial charge in [-0.15, -0.1) is 0 Å². The molecule has 0 aromatic heterocycles. The first-order chi connectivity index (χ1) is 9.73. The van der Waals surface area contributed by atoms with E-state index in [1.54, 1.807) is 38.1 Å². The number of hydrogen-bond acceptors (Lipinski definition) is 2. The number of rotatable bonds is 6. The largest absolute Gasteiger partial charge is 0.406 e. The first-order valence-electron chi connectivity index (χ1n) is 6.84. The number of nitrogens with two attached hydrogens (primary N) is 1. The molecule has 0 bridgehead atoms. The fourth-order valence-electron chi connectivity index (χ4n) is 2.12. The summed E-state index contributed by atoms with van der Waals surface area (Å²) in [6.07, 6.45) is -4.45. The van der Waals surface area contributed by atoms with Gasteiger partial charge in [-0.05, 0) is 17.0 Å². The van der Waals surface area contributed by atoms with Crippen molar-refractivity contribution in [3.63, 3.8) is 0 Å². The highest BCUT2D eigenvalue weighted by Gasteiger charge is 2.33. The molecule has 0 fully saturated rings. The second-order valence-electron chi connectivity index (χ2n) is 5.43. The Balaban J connectivity index is 2.85. The second-order valence-corrected chi connectivity index (χ2v) is 5.43. The lowest BCUT2D eigenvalue weighted by molar-refractivity contribution is -0.161. The van der Waals surface area contributed by atoms with Crippen molar-refractivity contribution >= 4 is 5.91 Å². The summed E-state index contributed by atoms with van der Waals surface area (Å²) in [5, 5.41) is 0. The molecule has 21 heavy (non-hydrogen) atoms. The summed E-state index contributed by atoms with van der Waals surface area (Å²) in [6, 6.07) is 7.04. The zero-order chi connectivity index (χ0) is 16.0. The normalized spacial score (nSPS) is 11.8. The average molecular weight is 302 g/mol. The predicted molar refractivity (Wildman–Crippen MR) is 75.5 cm³/mol. The summed E-state index contributed by atoms with van der Waals surface area (Å²) < 4.78 is 37.8. The SMILES string of the molecule is CC(C)CN(CC(F)(F)F)C(=O)Cc1ccccc1CN. The van der Waals surface area contributed by atoms with E-state index < -0.39 is 18.6 Å². The highest BCUT2D eigenvalue weighted by atomic mass is 19.4. The molecule has 1 aromatic rings. The van der Waals surface area contributed by atoms with Gasteiger partial charge in [0.25, 0.3) is 0 Å². The summed E-state index contributed by atoms with van der Waals surface area (Å²) >= 11 is 0. The zero-order valence-electron chi connectivity index (χ0n) is 12.3. The Bertz CT molecular complexity index is 472. The first-order valence-corrected chi connectivity index (χ1v) is 6.84. The molecule has 3 nitrogen and oxygen atoms in total. The van der Waals surface area contributed by atoms with Gasteiger partial charge in [0.05, 0.1) is 6.42 Å². The Morgan fingerprint density at radius 3 is 2.29 bits per heavy atom. The Kier molecular flexibility index (Phi) is 6.20. The Morgan fingerprint density at radius 2 is 1.81 bits per heavy atom. The third-order valence-electron chi connectivity index (χ3n) is 2.99. The lowest BCUT2D eigenvalue weighted by atomic mass is 10.0. The quantitative estimate of drug-likeness (QED) is 0.878. The fraction of sp³-hybridized carbons (Fsp3) is 0.533. The molecule has 1 amide bonds. The van der Waals surface area contributed by atoms with E-state index in [1.165, 1.54) is 0 Å². The van der Waals surface area contributed by atoms with Crippen LogP contribution in [-0.2, 0) is 17.8 Å². The Morgan fingerprint density at radius 1 is 1.24 bits per heavy atom. The smallest absolute Gasteiger partial charge is 0.333 e. The van der Waals surface area contributed by atoms with Crippen molar-refractivity contribution in [3.8, 4) is 0 Å². The average Bonchev–Trinajstić information content (AvgIpc) is 2.36. The van der Waals surface area contributed by atoms with E-state index in [-0.39, 0.29) is 25.4 Å². The summed E-state index contributed by atoms with van der Waals surface area (Å²) in [6.45, 7) is 2.69. The molecule has 118 valence electrons. The standard InChI is InChI=1S/C15H21F3N2O/c1-11(2)9-20(10-15(16,17)18)14(21)7-12-5-3-4-6-13(12)8-19/h3-6,11H,7-10,19H2,1-2H3. The molecule has 0 atom stereocenters. The third kappa shape index (κ3) is 6.16. The number of carbonyl (C=O) groups excluding carboxylic acids is 1. The maximum atomic E-state index is 12.6. The van der Waals surface area contributed by atoms with Crippen molar-refractivity contribution in [1.82, 2.24) is 4.90 Å². The van der Waals surface area contributed by atoms with Crippen molar-refractivity contribution < 1.29 is 18.0 Å². The molecule has 1 rings (SSSR count). The van der Waals surface area contributed by atoms with Crippen LogP contribution in [0.5, 0.6) is 0 Å². The van der Waals surface area contributed by atoms with Crippen LogP contribution in [0.3, 0.4) is 0 Å². The van der Waals surface area contributed by atoms with Crippen LogP contribution in [0.2, 0.25) is 0 Å². The molecule has 0 spiro atoms. The molecule has 6 heteroatoms. The molecule has 0 saturated carbocycles. The van der Waals surface area contributed by atoms with Crippen LogP contribution in [0.4, 0.5) is 13.2 Å². The molecule has 0 heterocycles. The number of nitrogens with zero attached hydrogens (tertiary/aromatic N) is 1. The van der Waals surface area contributed by atoms with Gasteiger partial charge in [0.2, 0.25) is 5.91 Å². The molecular formula is C15H21F3N2O. The van der Waals surface area contributed by atoms with Crippen molar-refractivity contribution in [2.75, 3.05) is 13.1 Å². The van der Waals surface area contributed by atoms with Crippen LogP contribution in [-0.4, -0.2) is 30.1 Å². The number of carbonyl (C=O) groups is 1. The summed E-state index contributed by atoms with van der Waals surface area (Å²) in [4.78, 5) is 13.1. The maximum absolute atomic E-state index is 12.6. The molecule has 2 N–H and O–H groups in total. The van der Waals surface area contributed by atoms with Crippen LogP contribution in [0.15, 0.2) is 24.3 Å². The Hall–Kier alpha value is -1.56. The van der Waals surface area contributed by atoms with Crippen LogP contribution in [0.1, 0.15) is 25.0 Å². The minimum absolute atomic E-state index is 0.0268. The molecule has 0 unspecified atom stereocenters. The van der Waals surface area contributed by atoms with E-state index in [9.17, 15) is 18.0 Å². The van der Waals surface area contributed by atoms with Crippen molar-refractivity contribution in [3.05, 3.63) is 35.4 Å². The van der Waals surface area contributed by atoms with Gasteiger partial charge in [0.1, 0.15) is 6.54 Å². The molecule has 0 aliphatic rings. The Labute approximate surface area is 122 Å². The van der Waals surface area contributed by atoms with Crippen LogP contribution in [0, 0.1) is 5.92 Å². The van der Waals surface area contributed by atoms with E-state index in [2.05, 4.69) is 0 Å². The minimum Gasteiger partial charge on any atom is -0.333 e. The number of halogens is 3. The minimum atomic E-state index is -4.39. The maximum Gasteiger partial charge on any atom is 0.406 e. The summed E-state index contributed by atoms with van der Waals surface area (Å²) in [5.74, 6) is -0.553. The van der Waals surface area contributed by atoms with Gasteiger partial charge in [0.15, 0.2) is 0 Å². The summed E-state index contributed by atoms with van der Waals surface area (Å²) in [7, 11) is 0. The zero-order valence-corrected chi connectivity index (χ0v) is 12.3. The van der Waals surface area contributed by atoms with E-state index in [1.807, 2.05) is 0 Å². The highest BCUT2D eigenvalue weighted by Crippen LogP contribution is 2.19. The van der Waals surface area contributed by atoms with E-state index in [4.69, 9.17) is 5.73 Å². The van der Waals surface area contributed by atoms with Crippen molar-refractivity contribution in [1.29, 1.82) is 0 Å². The molecule has 0 aliphatic heterocycles. The van der Waals surface area contributed by atoms with Gasteiger partial charge in [-0.2, -0.15) is 13.2 Å². The number of alkyl halides is 3. The summed E-state index contributed by atoms with van der Waals surface area (Å²) in [5.41, 5.74) is 7.04. The van der Waals surface area contributed by atoms with Gasteiger partial charge < -0.3 is 10.6 Å². The van der Waals surface area contributed by atoms with Crippen molar-refractivity contribution in [2.45, 2.75) is 33.0 Å². The first kappa shape index (κ1) is 17.5. The van der Waals surface area contributed by atoms with Crippen LogP contribution >= 0.6 is 0 Å². The predicted octanol–water partition coefficient (Wildman–Crippen LogP) is 2.73. The van der Waals surface area contributed by atoms with Gasteiger partial charge in [-0.1, -0.05) is 38.1 Å². The topological polar surface area (TPSA) is 46.3 Å². The number of amides is 1. The highest BCUT2D eigenvalue weighted by molar-refractivity contribution is 5.79. The van der Waals surface area contributed by atoms with Crippen LogP contribution < -0.4 is 5.73 Å². The van der Waals surface area contributed by atoms with E-state index in [0.717, 1.165) is 10.5 Å². The monoisotopic (exact) mass is 302 g/mol. The molecule has 1 aromatic carbocycles. The van der Waals surface area contributed by atoms with Gasteiger partial charge in [-0.25, -0.2) is 0 Å².